The zero-order chi connectivity index (χ0) is 16.2. The SMILES string of the molecule is CC1CCN(Cc2csc(NC(=O)c3cc[n+]([O-])cc3)n2)CC1. The second-order valence-electron chi connectivity index (χ2n) is 6.00. The van der Waals surface area contributed by atoms with E-state index in [0.29, 0.717) is 15.4 Å². The highest BCUT2D eigenvalue weighted by atomic mass is 32.1. The number of hydrogen-bond donors (Lipinski definition) is 1. The maximum absolute atomic E-state index is 12.1. The molecule has 2 aromatic rings. The van der Waals surface area contributed by atoms with Gasteiger partial charge in [0.2, 0.25) is 0 Å². The average molecular weight is 332 g/mol. The summed E-state index contributed by atoms with van der Waals surface area (Å²) in [7, 11) is 0. The Morgan fingerprint density at radius 2 is 2.13 bits per heavy atom. The van der Waals surface area contributed by atoms with Crippen LogP contribution >= 0.6 is 11.3 Å². The molecule has 122 valence electrons. The van der Waals surface area contributed by atoms with Crippen molar-refractivity contribution in [2.24, 2.45) is 5.92 Å². The molecule has 3 heterocycles. The van der Waals surface area contributed by atoms with Crippen LogP contribution in [0.5, 0.6) is 0 Å². The standard InChI is InChI=1S/C16H20N4O2S/c1-12-2-6-19(7-3-12)10-14-11-23-16(17-14)18-15(21)13-4-8-20(22)9-5-13/h4-5,8-9,11-12H,2-3,6-7,10H2,1H3,(H,17,18,21). The van der Waals surface area contributed by atoms with Crippen LogP contribution < -0.4 is 10.0 Å². The van der Waals surface area contributed by atoms with Gasteiger partial charge in [0.05, 0.1) is 11.3 Å². The number of rotatable bonds is 4. The Kier molecular flexibility index (Phi) is 4.88. The summed E-state index contributed by atoms with van der Waals surface area (Å²) in [5.41, 5.74) is 1.43. The van der Waals surface area contributed by atoms with Gasteiger partial charge in [-0.1, -0.05) is 6.92 Å². The molecule has 0 radical (unpaired) electrons. The molecule has 0 aliphatic carbocycles. The number of thiazole rings is 1. The molecular weight excluding hydrogens is 312 g/mol. The quantitative estimate of drug-likeness (QED) is 0.688. The summed E-state index contributed by atoms with van der Waals surface area (Å²) in [6.45, 7) is 5.35. The normalized spacial score (nSPS) is 16.4. The van der Waals surface area contributed by atoms with E-state index in [1.54, 1.807) is 0 Å². The van der Waals surface area contributed by atoms with Gasteiger partial charge < -0.3 is 5.21 Å². The van der Waals surface area contributed by atoms with Gasteiger partial charge >= 0.3 is 0 Å². The lowest BCUT2D eigenvalue weighted by atomic mass is 9.99. The number of carbonyl (C=O) groups excluding carboxylic acids is 1. The van der Waals surface area contributed by atoms with Crippen molar-refractivity contribution < 1.29 is 9.52 Å². The summed E-state index contributed by atoms with van der Waals surface area (Å²) < 4.78 is 0.651. The van der Waals surface area contributed by atoms with E-state index in [9.17, 15) is 10.0 Å². The fourth-order valence-electron chi connectivity index (χ4n) is 2.62. The van der Waals surface area contributed by atoms with E-state index >= 15 is 0 Å². The predicted octanol–water partition coefficient (Wildman–Crippen LogP) is 2.26. The minimum Gasteiger partial charge on any atom is -0.619 e. The highest BCUT2D eigenvalue weighted by molar-refractivity contribution is 7.13. The maximum Gasteiger partial charge on any atom is 0.257 e. The van der Waals surface area contributed by atoms with Crippen molar-refractivity contribution in [1.82, 2.24) is 9.88 Å². The Bertz CT molecular complexity index is 663. The molecule has 0 spiro atoms. The van der Waals surface area contributed by atoms with E-state index in [4.69, 9.17) is 0 Å². The topological polar surface area (TPSA) is 72.2 Å². The van der Waals surface area contributed by atoms with Crippen LogP contribution in [0.1, 0.15) is 35.8 Å². The average Bonchev–Trinajstić information content (AvgIpc) is 2.97. The molecule has 0 unspecified atom stereocenters. The molecule has 7 heteroatoms. The molecule has 2 aromatic heterocycles. The molecule has 0 bridgehead atoms. The molecule has 1 fully saturated rings. The molecule has 6 nitrogen and oxygen atoms in total. The minimum absolute atomic E-state index is 0.252. The molecule has 0 atom stereocenters. The number of likely N-dealkylation sites (tertiary alicyclic amines) is 1. The fraction of sp³-hybridized carbons (Fsp3) is 0.438. The summed E-state index contributed by atoms with van der Waals surface area (Å²) in [5.74, 6) is 0.563. The van der Waals surface area contributed by atoms with Crippen molar-refractivity contribution in [3.8, 4) is 0 Å². The van der Waals surface area contributed by atoms with Gasteiger partial charge in [-0.15, -0.1) is 11.3 Å². The Hall–Kier alpha value is -1.99. The number of amides is 1. The first kappa shape index (κ1) is 15.9. The third kappa shape index (κ3) is 4.27. The van der Waals surface area contributed by atoms with Crippen LogP contribution in [-0.2, 0) is 6.54 Å². The van der Waals surface area contributed by atoms with Crippen LogP contribution in [0, 0.1) is 11.1 Å². The van der Waals surface area contributed by atoms with Crippen molar-refractivity contribution in [2.45, 2.75) is 26.3 Å². The first-order valence-corrected chi connectivity index (χ1v) is 8.65. The van der Waals surface area contributed by atoms with E-state index in [2.05, 4.69) is 22.1 Å². The summed E-state index contributed by atoms with van der Waals surface area (Å²) >= 11 is 1.43. The number of piperidine rings is 1. The van der Waals surface area contributed by atoms with Crippen LogP contribution in [-0.4, -0.2) is 28.9 Å². The third-order valence-corrected chi connectivity index (χ3v) is 4.90. The smallest absolute Gasteiger partial charge is 0.257 e. The van der Waals surface area contributed by atoms with Gasteiger partial charge in [-0.05, 0) is 31.8 Å². The number of anilines is 1. The van der Waals surface area contributed by atoms with Crippen molar-refractivity contribution in [2.75, 3.05) is 18.4 Å². The third-order valence-electron chi connectivity index (χ3n) is 4.10. The number of hydrogen-bond acceptors (Lipinski definition) is 5. The molecule has 23 heavy (non-hydrogen) atoms. The van der Waals surface area contributed by atoms with Crippen LogP contribution in [0.15, 0.2) is 29.9 Å². The first-order valence-electron chi connectivity index (χ1n) is 7.77. The first-order chi connectivity index (χ1) is 11.1. The number of aromatic nitrogens is 2. The predicted molar refractivity (Wildman–Crippen MR) is 89.1 cm³/mol. The van der Waals surface area contributed by atoms with Gasteiger partial charge in [0.25, 0.3) is 5.91 Å². The summed E-state index contributed by atoms with van der Waals surface area (Å²) in [5, 5.41) is 16.3. The summed E-state index contributed by atoms with van der Waals surface area (Å²) in [6.07, 6.45) is 5.09. The molecule has 1 N–H and O–H groups in total. The Balaban J connectivity index is 1.56. The van der Waals surface area contributed by atoms with Crippen LogP contribution in [0.2, 0.25) is 0 Å². The van der Waals surface area contributed by atoms with Gasteiger partial charge in [0, 0.05) is 24.1 Å². The van der Waals surface area contributed by atoms with Gasteiger partial charge in [0.15, 0.2) is 17.5 Å². The van der Waals surface area contributed by atoms with E-state index in [0.717, 1.165) is 31.2 Å². The second-order valence-corrected chi connectivity index (χ2v) is 6.86. The lowest BCUT2D eigenvalue weighted by Crippen LogP contribution is -2.32. The lowest BCUT2D eigenvalue weighted by Gasteiger charge is -2.29. The molecule has 1 saturated heterocycles. The fourth-order valence-corrected chi connectivity index (χ4v) is 3.32. The molecule has 3 rings (SSSR count). The van der Waals surface area contributed by atoms with Crippen LogP contribution in [0.4, 0.5) is 5.13 Å². The van der Waals surface area contributed by atoms with Crippen molar-refractivity contribution >= 4 is 22.4 Å². The minimum atomic E-state index is -0.252. The van der Waals surface area contributed by atoms with E-state index in [1.165, 1.54) is 48.7 Å². The summed E-state index contributed by atoms with van der Waals surface area (Å²) in [6, 6.07) is 2.98. The highest BCUT2D eigenvalue weighted by Crippen LogP contribution is 2.21. The zero-order valence-electron chi connectivity index (χ0n) is 13.1. The molecule has 1 amide bonds. The van der Waals surface area contributed by atoms with Crippen LogP contribution in [0.3, 0.4) is 0 Å². The largest absolute Gasteiger partial charge is 0.619 e. The highest BCUT2D eigenvalue weighted by Gasteiger charge is 2.17. The number of carbonyl (C=O) groups is 1. The van der Waals surface area contributed by atoms with E-state index in [1.807, 2.05) is 5.38 Å². The Morgan fingerprint density at radius 3 is 2.83 bits per heavy atom. The number of nitrogens with zero attached hydrogens (tertiary/aromatic N) is 3. The molecule has 0 aromatic carbocycles. The molecule has 1 aliphatic heterocycles. The molecule has 1 aliphatic rings. The van der Waals surface area contributed by atoms with Gasteiger partial charge in [0.1, 0.15) is 0 Å². The van der Waals surface area contributed by atoms with Crippen molar-refractivity contribution in [3.63, 3.8) is 0 Å². The Morgan fingerprint density at radius 1 is 1.43 bits per heavy atom. The summed E-state index contributed by atoms with van der Waals surface area (Å²) in [4.78, 5) is 19.0. The molecular formula is C16H20N4O2S. The van der Waals surface area contributed by atoms with E-state index in [-0.39, 0.29) is 5.91 Å². The van der Waals surface area contributed by atoms with Gasteiger partial charge in [-0.3, -0.25) is 15.0 Å². The van der Waals surface area contributed by atoms with Gasteiger partial charge in [-0.2, -0.15) is 4.73 Å². The van der Waals surface area contributed by atoms with Crippen molar-refractivity contribution in [3.05, 3.63) is 46.4 Å². The van der Waals surface area contributed by atoms with Gasteiger partial charge in [-0.25, -0.2) is 4.98 Å². The van der Waals surface area contributed by atoms with Crippen molar-refractivity contribution in [1.29, 1.82) is 0 Å². The number of pyridine rings is 1. The number of nitrogens with one attached hydrogen (secondary N) is 1. The lowest BCUT2D eigenvalue weighted by molar-refractivity contribution is -0.605. The second kappa shape index (κ2) is 7.06. The monoisotopic (exact) mass is 332 g/mol. The zero-order valence-corrected chi connectivity index (χ0v) is 13.9. The maximum atomic E-state index is 12.1. The molecule has 0 saturated carbocycles. The van der Waals surface area contributed by atoms with E-state index < -0.39 is 0 Å². The van der Waals surface area contributed by atoms with Crippen LogP contribution in [0.25, 0.3) is 0 Å². The Labute approximate surface area is 139 Å².